The minimum atomic E-state index is -0.698. The largest absolute Gasteiger partial charge is 0.471 e. The molecule has 0 aliphatic rings. The lowest BCUT2D eigenvalue weighted by Gasteiger charge is -2.11. The van der Waals surface area contributed by atoms with Crippen molar-refractivity contribution in [3.63, 3.8) is 0 Å². The van der Waals surface area contributed by atoms with Gasteiger partial charge in [0.15, 0.2) is 0 Å². The summed E-state index contributed by atoms with van der Waals surface area (Å²) in [6, 6.07) is 9.06. The minimum Gasteiger partial charge on any atom is -0.471 e. The van der Waals surface area contributed by atoms with Crippen molar-refractivity contribution in [3.8, 4) is 5.75 Å². The van der Waals surface area contributed by atoms with E-state index in [0.717, 1.165) is 6.08 Å². The van der Waals surface area contributed by atoms with Gasteiger partial charge in [-0.3, -0.25) is 0 Å². The maximum atomic E-state index is 10.7. The van der Waals surface area contributed by atoms with E-state index in [4.69, 9.17) is 21.1 Å². The molecular formula is C11H11ClO3. The van der Waals surface area contributed by atoms with E-state index in [9.17, 15) is 4.79 Å². The number of alkyl halides is 1. The van der Waals surface area contributed by atoms with E-state index < -0.39 is 11.5 Å². The first kappa shape index (κ1) is 11.6. The summed E-state index contributed by atoms with van der Waals surface area (Å²) in [6.45, 7) is 3.25. The van der Waals surface area contributed by atoms with Crippen molar-refractivity contribution in [1.29, 1.82) is 0 Å². The van der Waals surface area contributed by atoms with Crippen molar-refractivity contribution in [3.05, 3.63) is 43.0 Å². The molecule has 0 aliphatic heterocycles. The monoisotopic (exact) mass is 226 g/mol. The van der Waals surface area contributed by atoms with Gasteiger partial charge in [0.1, 0.15) is 12.4 Å². The number of ether oxygens (including phenoxy) is 2. The lowest BCUT2D eigenvalue weighted by molar-refractivity contribution is -0.139. The van der Waals surface area contributed by atoms with Gasteiger partial charge in [-0.15, -0.1) is 0 Å². The smallest absolute Gasteiger partial charge is 0.330 e. The first-order chi connectivity index (χ1) is 7.22. The van der Waals surface area contributed by atoms with Crippen LogP contribution in [0.5, 0.6) is 5.75 Å². The Morgan fingerprint density at radius 1 is 1.47 bits per heavy atom. The summed E-state index contributed by atoms with van der Waals surface area (Å²) in [5.41, 5.74) is -0.698. The Balaban J connectivity index is 2.33. The number of esters is 1. The highest BCUT2D eigenvalue weighted by atomic mass is 35.5. The summed E-state index contributed by atoms with van der Waals surface area (Å²) in [5.74, 6) is 0.115. The molecule has 0 bridgehead atoms. The van der Waals surface area contributed by atoms with Crippen LogP contribution >= 0.6 is 11.6 Å². The average Bonchev–Trinajstić information content (AvgIpc) is 2.27. The highest BCUT2D eigenvalue weighted by Crippen LogP contribution is 2.12. The zero-order chi connectivity index (χ0) is 11.1. The van der Waals surface area contributed by atoms with Crippen LogP contribution < -0.4 is 4.74 Å². The van der Waals surface area contributed by atoms with E-state index in [1.807, 2.05) is 18.2 Å². The van der Waals surface area contributed by atoms with Gasteiger partial charge in [0.25, 0.3) is 0 Å². The molecule has 0 amide bonds. The Hall–Kier alpha value is -1.48. The van der Waals surface area contributed by atoms with Crippen LogP contribution in [0.25, 0.3) is 0 Å². The summed E-state index contributed by atoms with van der Waals surface area (Å²) < 4.78 is 9.97. The molecule has 0 saturated carbocycles. The third-order valence-corrected chi connectivity index (χ3v) is 1.75. The molecule has 0 fully saturated rings. The van der Waals surface area contributed by atoms with E-state index in [1.165, 1.54) is 0 Å². The number of benzene rings is 1. The molecule has 0 aromatic heterocycles. The van der Waals surface area contributed by atoms with Crippen LogP contribution in [0.4, 0.5) is 0 Å². The van der Waals surface area contributed by atoms with Crippen molar-refractivity contribution >= 4 is 17.6 Å². The minimum absolute atomic E-state index is 0.0126. The zero-order valence-corrected chi connectivity index (χ0v) is 8.81. The normalized spacial score (nSPS) is 11.5. The second-order valence-corrected chi connectivity index (χ2v) is 3.16. The van der Waals surface area contributed by atoms with Gasteiger partial charge in [-0.25, -0.2) is 4.79 Å². The topological polar surface area (TPSA) is 35.5 Å². The molecule has 0 N–H and O–H groups in total. The fourth-order valence-electron chi connectivity index (χ4n) is 0.887. The van der Waals surface area contributed by atoms with Crippen molar-refractivity contribution in [2.45, 2.75) is 5.56 Å². The van der Waals surface area contributed by atoms with Gasteiger partial charge in [-0.2, -0.15) is 0 Å². The molecule has 4 heteroatoms. The molecule has 15 heavy (non-hydrogen) atoms. The molecule has 1 rings (SSSR count). The fourth-order valence-corrected chi connectivity index (χ4v) is 1.05. The first-order valence-corrected chi connectivity index (χ1v) is 4.81. The van der Waals surface area contributed by atoms with E-state index in [-0.39, 0.29) is 6.61 Å². The highest BCUT2D eigenvalue weighted by Gasteiger charge is 2.08. The van der Waals surface area contributed by atoms with Crippen molar-refractivity contribution in [2.24, 2.45) is 0 Å². The summed E-state index contributed by atoms with van der Waals surface area (Å²) in [6.07, 6.45) is 1.08. The van der Waals surface area contributed by atoms with Crippen LogP contribution in [0.3, 0.4) is 0 Å². The van der Waals surface area contributed by atoms with Gasteiger partial charge < -0.3 is 9.47 Å². The van der Waals surface area contributed by atoms with E-state index in [2.05, 4.69) is 6.58 Å². The SMILES string of the molecule is C=CC(=O)OCC(Cl)Oc1ccccc1. The van der Waals surface area contributed by atoms with Crippen LogP contribution in [0.1, 0.15) is 0 Å². The van der Waals surface area contributed by atoms with Crippen LogP contribution in [0.15, 0.2) is 43.0 Å². The molecule has 0 aliphatic carbocycles. The molecule has 1 aromatic carbocycles. The van der Waals surface area contributed by atoms with E-state index in [0.29, 0.717) is 5.75 Å². The quantitative estimate of drug-likeness (QED) is 0.439. The summed E-state index contributed by atoms with van der Waals surface area (Å²) in [7, 11) is 0. The standard InChI is InChI=1S/C11H11ClO3/c1-2-11(13)14-8-10(12)15-9-6-4-3-5-7-9/h2-7,10H,1,8H2. The fraction of sp³-hybridized carbons (Fsp3) is 0.182. The van der Waals surface area contributed by atoms with Gasteiger partial charge in [0.05, 0.1) is 0 Å². The number of carbonyl (C=O) groups is 1. The third kappa shape index (κ3) is 4.51. The number of hydrogen-bond donors (Lipinski definition) is 0. The Kier molecular flexibility index (Phi) is 4.71. The Morgan fingerprint density at radius 2 is 2.13 bits per heavy atom. The predicted molar refractivity (Wildman–Crippen MR) is 57.9 cm³/mol. The average molecular weight is 227 g/mol. The number of hydrogen-bond acceptors (Lipinski definition) is 3. The van der Waals surface area contributed by atoms with Gasteiger partial charge >= 0.3 is 5.97 Å². The summed E-state index contributed by atoms with van der Waals surface area (Å²) in [5, 5.41) is 0. The van der Waals surface area contributed by atoms with Gasteiger partial charge in [0, 0.05) is 6.08 Å². The summed E-state index contributed by atoms with van der Waals surface area (Å²) >= 11 is 5.78. The molecule has 1 aromatic rings. The first-order valence-electron chi connectivity index (χ1n) is 4.37. The molecular weight excluding hydrogens is 216 g/mol. The maximum Gasteiger partial charge on any atom is 0.330 e. The van der Waals surface area contributed by atoms with Gasteiger partial charge in [0.2, 0.25) is 5.56 Å². The molecule has 3 nitrogen and oxygen atoms in total. The van der Waals surface area contributed by atoms with Crippen LogP contribution in [0.2, 0.25) is 0 Å². The molecule has 80 valence electrons. The predicted octanol–water partition coefficient (Wildman–Crippen LogP) is 2.36. The molecule has 0 saturated heterocycles. The molecule has 0 radical (unpaired) electrons. The molecule has 0 heterocycles. The molecule has 1 unspecified atom stereocenters. The van der Waals surface area contributed by atoms with Crippen LogP contribution in [-0.4, -0.2) is 18.1 Å². The maximum absolute atomic E-state index is 10.7. The van der Waals surface area contributed by atoms with E-state index in [1.54, 1.807) is 12.1 Å². The Labute approximate surface area is 93.3 Å². The summed E-state index contributed by atoms with van der Waals surface area (Å²) in [4.78, 5) is 10.7. The van der Waals surface area contributed by atoms with Crippen LogP contribution in [-0.2, 0) is 9.53 Å². The lowest BCUT2D eigenvalue weighted by Crippen LogP contribution is -2.18. The number of rotatable bonds is 5. The third-order valence-electron chi connectivity index (χ3n) is 1.53. The highest BCUT2D eigenvalue weighted by molar-refractivity contribution is 6.20. The van der Waals surface area contributed by atoms with E-state index >= 15 is 0 Å². The van der Waals surface area contributed by atoms with Gasteiger partial charge in [-0.05, 0) is 12.1 Å². The second-order valence-electron chi connectivity index (χ2n) is 2.68. The van der Waals surface area contributed by atoms with Crippen LogP contribution in [0, 0.1) is 0 Å². The number of halogens is 1. The zero-order valence-electron chi connectivity index (χ0n) is 8.06. The Morgan fingerprint density at radius 3 is 2.73 bits per heavy atom. The van der Waals surface area contributed by atoms with Crippen molar-refractivity contribution in [1.82, 2.24) is 0 Å². The van der Waals surface area contributed by atoms with Crippen molar-refractivity contribution < 1.29 is 14.3 Å². The lowest BCUT2D eigenvalue weighted by atomic mass is 10.3. The second kappa shape index (κ2) is 6.09. The van der Waals surface area contributed by atoms with Gasteiger partial charge in [-0.1, -0.05) is 36.4 Å². The number of para-hydroxylation sites is 1. The number of carbonyl (C=O) groups excluding carboxylic acids is 1. The molecule has 0 spiro atoms. The molecule has 1 atom stereocenters. The Bertz CT molecular complexity index is 324. The van der Waals surface area contributed by atoms with Crippen molar-refractivity contribution in [2.75, 3.05) is 6.61 Å².